The molecule has 22 heavy (non-hydrogen) atoms. The van der Waals surface area contributed by atoms with Crippen LogP contribution in [-0.2, 0) is 0 Å². The van der Waals surface area contributed by atoms with Crippen LogP contribution < -0.4 is 10.1 Å². The van der Waals surface area contributed by atoms with Crippen LogP contribution in [0.5, 0.6) is 5.75 Å². The maximum atomic E-state index is 12.5. The fourth-order valence-electron chi connectivity index (χ4n) is 3.69. The summed E-state index contributed by atoms with van der Waals surface area (Å²) in [6.45, 7) is 3.32. The van der Waals surface area contributed by atoms with E-state index in [1.807, 2.05) is 36.4 Å². The third-order valence-electron chi connectivity index (χ3n) is 4.96. The Bertz CT molecular complexity index is 728. The van der Waals surface area contributed by atoms with E-state index in [9.17, 15) is 4.79 Å². The highest BCUT2D eigenvalue weighted by atomic mass is 16.5. The van der Waals surface area contributed by atoms with Crippen LogP contribution in [0.15, 0.2) is 36.4 Å². The van der Waals surface area contributed by atoms with Crippen molar-refractivity contribution >= 4 is 16.7 Å². The van der Waals surface area contributed by atoms with Gasteiger partial charge in [0.1, 0.15) is 5.75 Å². The van der Waals surface area contributed by atoms with Gasteiger partial charge in [-0.05, 0) is 53.9 Å². The number of methoxy groups -OCH3 is 1. The number of hydrogen-bond donors (Lipinski definition) is 1. The number of rotatable bonds is 3. The van der Waals surface area contributed by atoms with Crippen LogP contribution in [0.25, 0.3) is 10.8 Å². The Hall–Kier alpha value is -2.07. The Morgan fingerprint density at radius 2 is 2.05 bits per heavy atom. The second kappa shape index (κ2) is 5.29. The number of nitrogens with zero attached hydrogens (tertiary/aromatic N) is 1. The molecular formula is C18H20N2O2. The minimum atomic E-state index is 0.0310. The predicted molar refractivity (Wildman–Crippen MR) is 86.3 cm³/mol. The van der Waals surface area contributed by atoms with Gasteiger partial charge in [0, 0.05) is 24.7 Å². The van der Waals surface area contributed by atoms with Gasteiger partial charge in [-0.2, -0.15) is 0 Å². The van der Waals surface area contributed by atoms with Crippen molar-refractivity contribution in [3.8, 4) is 5.75 Å². The Balaban J connectivity index is 1.56. The van der Waals surface area contributed by atoms with E-state index in [1.165, 1.54) is 13.0 Å². The van der Waals surface area contributed by atoms with Crippen molar-refractivity contribution in [3.63, 3.8) is 0 Å². The minimum absolute atomic E-state index is 0.0310. The number of ether oxygens (including phenoxy) is 1. The molecule has 3 unspecified atom stereocenters. The molecular weight excluding hydrogens is 276 g/mol. The predicted octanol–water partition coefficient (Wildman–Crippen LogP) is 2.28. The number of fused-ring (bicyclic) bond motifs is 3. The maximum Gasteiger partial charge on any atom is 0.251 e. The maximum absolute atomic E-state index is 12.5. The van der Waals surface area contributed by atoms with Gasteiger partial charge in [-0.3, -0.25) is 4.79 Å². The molecule has 4 heteroatoms. The minimum Gasteiger partial charge on any atom is -0.497 e. The molecule has 2 aromatic carbocycles. The van der Waals surface area contributed by atoms with Crippen molar-refractivity contribution in [2.45, 2.75) is 12.5 Å². The quantitative estimate of drug-likeness (QED) is 0.945. The Labute approximate surface area is 130 Å². The van der Waals surface area contributed by atoms with Crippen LogP contribution in [-0.4, -0.2) is 43.6 Å². The van der Waals surface area contributed by atoms with E-state index in [1.54, 1.807) is 7.11 Å². The van der Waals surface area contributed by atoms with Gasteiger partial charge in [-0.1, -0.05) is 12.1 Å². The van der Waals surface area contributed by atoms with Gasteiger partial charge in [-0.15, -0.1) is 0 Å². The molecule has 2 heterocycles. The molecule has 0 aliphatic carbocycles. The molecule has 1 amide bonds. The van der Waals surface area contributed by atoms with E-state index >= 15 is 0 Å². The molecule has 2 bridgehead atoms. The molecule has 0 aromatic heterocycles. The molecule has 0 saturated carbocycles. The van der Waals surface area contributed by atoms with Crippen LogP contribution in [0.2, 0.25) is 0 Å². The molecule has 0 spiro atoms. The largest absolute Gasteiger partial charge is 0.497 e. The summed E-state index contributed by atoms with van der Waals surface area (Å²) in [6.07, 6.45) is 1.21. The number of piperidine rings is 1. The summed E-state index contributed by atoms with van der Waals surface area (Å²) in [5.74, 6) is 1.47. The number of hydrogen-bond acceptors (Lipinski definition) is 3. The SMILES string of the molecule is COc1ccc2ccc(C(=O)NC3CN4CCC3C4)cc2c1. The van der Waals surface area contributed by atoms with Crippen molar-refractivity contribution in [2.75, 3.05) is 26.7 Å². The normalized spacial score (nSPS) is 26.3. The average Bonchev–Trinajstić information content (AvgIpc) is 3.16. The first-order chi connectivity index (χ1) is 10.7. The zero-order valence-electron chi connectivity index (χ0n) is 12.7. The lowest BCUT2D eigenvalue weighted by Gasteiger charge is -2.23. The van der Waals surface area contributed by atoms with Crippen LogP contribution in [0.4, 0.5) is 0 Å². The average molecular weight is 296 g/mol. The number of amides is 1. The van der Waals surface area contributed by atoms with E-state index in [4.69, 9.17) is 4.74 Å². The van der Waals surface area contributed by atoms with Gasteiger partial charge in [0.05, 0.1) is 7.11 Å². The first-order valence-corrected chi connectivity index (χ1v) is 7.84. The molecule has 2 fully saturated rings. The number of carbonyl (C=O) groups excluding carboxylic acids is 1. The highest BCUT2D eigenvalue weighted by Crippen LogP contribution is 2.28. The molecule has 3 atom stereocenters. The standard InChI is InChI=1S/C18H20N2O2/c1-22-16-5-4-12-2-3-13(8-15(12)9-16)18(21)19-17-11-20-7-6-14(17)10-20/h2-5,8-9,14,17H,6-7,10-11H2,1H3,(H,19,21). The molecule has 114 valence electrons. The molecule has 0 radical (unpaired) electrons. The van der Waals surface area contributed by atoms with Gasteiger partial charge < -0.3 is 15.0 Å². The van der Waals surface area contributed by atoms with Crippen molar-refractivity contribution in [1.82, 2.24) is 10.2 Å². The lowest BCUT2D eigenvalue weighted by atomic mass is 9.99. The van der Waals surface area contributed by atoms with Gasteiger partial charge in [-0.25, -0.2) is 0 Å². The monoisotopic (exact) mass is 296 g/mol. The van der Waals surface area contributed by atoms with Crippen molar-refractivity contribution in [2.24, 2.45) is 5.92 Å². The third-order valence-corrected chi connectivity index (χ3v) is 4.96. The van der Waals surface area contributed by atoms with Crippen LogP contribution in [0, 0.1) is 5.92 Å². The summed E-state index contributed by atoms with van der Waals surface area (Å²) in [5, 5.41) is 5.35. The van der Waals surface area contributed by atoms with Crippen molar-refractivity contribution < 1.29 is 9.53 Å². The molecule has 2 aromatic rings. The molecule has 1 N–H and O–H groups in total. The zero-order chi connectivity index (χ0) is 15.1. The second-order valence-electron chi connectivity index (χ2n) is 6.32. The lowest BCUT2D eigenvalue weighted by Crippen LogP contribution is -2.43. The van der Waals surface area contributed by atoms with Crippen LogP contribution in [0.3, 0.4) is 0 Å². The number of carbonyl (C=O) groups is 1. The van der Waals surface area contributed by atoms with Crippen molar-refractivity contribution in [3.05, 3.63) is 42.0 Å². The van der Waals surface area contributed by atoms with Crippen LogP contribution >= 0.6 is 0 Å². The number of nitrogens with one attached hydrogen (secondary N) is 1. The first kappa shape index (κ1) is 13.6. The van der Waals surface area contributed by atoms with E-state index in [2.05, 4.69) is 10.2 Å². The highest BCUT2D eigenvalue weighted by molar-refractivity contribution is 5.99. The highest BCUT2D eigenvalue weighted by Gasteiger charge is 2.38. The Morgan fingerprint density at radius 1 is 1.18 bits per heavy atom. The smallest absolute Gasteiger partial charge is 0.251 e. The van der Waals surface area contributed by atoms with E-state index in [-0.39, 0.29) is 5.91 Å². The van der Waals surface area contributed by atoms with Gasteiger partial charge in [0.2, 0.25) is 0 Å². The first-order valence-electron chi connectivity index (χ1n) is 7.84. The third kappa shape index (κ3) is 2.33. The molecule has 2 saturated heterocycles. The number of benzene rings is 2. The summed E-state index contributed by atoms with van der Waals surface area (Å²) in [6, 6.07) is 12.1. The zero-order valence-corrected chi connectivity index (χ0v) is 12.7. The van der Waals surface area contributed by atoms with E-state index < -0.39 is 0 Å². The molecule has 2 aliphatic heterocycles. The topological polar surface area (TPSA) is 41.6 Å². The van der Waals surface area contributed by atoms with Gasteiger partial charge in [0.15, 0.2) is 0 Å². The fourth-order valence-corrected chi connectivity index (χ4v) is 3.69. The molecule has 2 aliphatic rings. The molecule has 4 rings (SSSR count). The summed E-state index contributed by atoms with van der Waals surface area (Å²) in [5.41, 5.74) is 0.721. The summed E-state index contributed by atoms with van der Waals surface area (Å²) in [4.78, 5) is 14.9. The van der Waals surface area contributed by atoms with Gasteiger partial charge in [0.25, 0.3) is 5.91 Å². The summed E-state index contributed by atoms with van der Waals surface area (Å²) < 4.78 is 5.26. The second-order valence-corrected chi connectivity index (χ2v) is 6.32. The van der Waals surface area contributed by atoms with Crippen molar-refractivity contribution in [1.29, 1.82) is 0 Å². The van der Waals surface area contributed by atoms with E-state index in [0.717, 1.165) is 35.2 Å². The Kier molecular flexibility index (Phi) is 3.26. The Morgan fingerprint density at radius 3 is 2.77 bits per heavy atom. The lowest BCUT2D eigenvalue weighted by molar-refractivity contribution is 0.0924. The van der Waals surface area contributed by atoms with Gasteiger partial charge >= 0.3 is 0 Å². The summed E-state index contributed by atoms with van der Waals surface area (Å²) in [7, 11) is 1.65. The summed E-state index contributed by atoms with van der Waals surface area (Å²) >= 11 is 0. The van der Waals surface area contributed by atoms with Crippen LogP contribution in [0.1, 0.15) is 16.8 Å². The van der Waals surface area contributed by atoms with E-state index in [0.29, 0.717) is 12.0 Å². The fraction of sp³-hybridized carbons (Fsp3) is 0.389. The molecule has 4 nitrogen and oxygen atoms in total.